The van der Waals surface area contributed by atoms with E-state index in [-0.39, 0.29) is 35.6 Å². The van der Waals surface area contributed by atoms with Gasteiger partial charge in [0.1, 0.15) is 11.9 Å². The van der Waals surface area contributed by atoms with Crippen LogP contribution in [0.1, 0.15) is 57.1 Å². The van der Waals surface area contributed by atoms with Crippen LogP contribution in [0.15, 0.2) is 12.1 Å². The van der Waals surface area contributed by atoms with Gasteiger partial charge in [-0.15, -0.1) is 0 Å². The van der Waals surface area contributed by atoms with Crippen LogP contribution in [0, 0.1) is 18.7 Å². The molecule has 176 valence electrons. The minimum Gasteiger partial charge on any atom is -0.373 e. The lowest BCUT2D eigenvalue weighted by Gasteiger charge is -2.36. The van der Waals surface area contributed by atoms with Crippen LogP contribution in [0.2, 0.25) is 0 Å². The Morgan fingerprint density at radius 1 is 1.25 bits per heavy atom. The average Bonchev–Trinajstić information content (AvgIpc) is 3.44. The van der Waals surface area contributed by atoms with Crippen molar-refractivity contribution in [3.05, 3.63) is 29.1 Å². The van der Waals surface area contributed by atoms with E-state index in [0.29, 0.717) is 18.0 Å². The SMILES string of the molecule is Cc1ccc(F)c2c1NC(C(=O)N[C@@H]1CCCC(N3CCC(N(C)C(=O)C(C)C)C3)C1)C2. The Hall–Kier alpha value is -2.15. The van der Waals surface area contributed by atoms with Crippen LogP contribution in [0.5, 0.6) is 0 Å². The molecule has 2 heterocycles. The summed E-state index contributed by atoms with van der Waals surface area (Å²) in [6.45, 7) is 7.76. The van der Waals surface area contributed by atoms with E-state index in [1.807, 2.05) is 32.7 Å². The van der Waals surface area contributed by atoms with Gasteiger partial charge in [-0.05, 0) is 50.7 Å². The zero-order chi connectivity index (χ0) is 23.0. The number of carbonyl (C=O) groups is 2. The molecular weight excluding hydrogens is 407 g/mol. The summed E-state index contributed by atoms with van der Waals surface area (Å²) in [4.78, 5) is 29.8. The van der Waals surface area contributed by atoms with Crippen molar-refractivity contribution in [1.82, 2.24) is 15.1 Å². The number of carbonyl (C=O) groups excluding carboxylic acids is 2. The molecule has 0 aromatic heterocycles. The van der Waals surface area contributed by atoms with E-state index in [0.717, 1.165) is 56.4 Å². The van der Waals surface area contributed by atoms with Gasteiger partial charge in [-0.1, -0.05) is 19.9 Å². The van der Waals surface area contributed by atoms with Gasteiger partial charge in [-0.3, -0.25) is 14.5 Å². The van der Waals surface area contributed by atoms with Crippen molar-refractivity contribution in [2.75, 3.05) is 25.5 Å². The molecule has 2 N–H and O–H groups in total. The standard InChI is InChI=1S/C25H37FN4O2/c1-15(2)25(32)29(4)19-10-11-30(14-19)18-7-5-6-17(12-18)27-24(31)22-13-20-21(26)9-8-16(3)23(20)28-22/h8-9,15,17-19,22,28H,5-7,10-14H2,1-4H3,(H,27,31)/t17-,18?,19?,22?/m1/s1. The van der Waals surface area contributed by atoms with Gasteiger partial charge in [0.25, 0.3) is 0 Å². The van der Waals surface area contributed by atoms with Crippen molar-refractivity contribution in [1.29, 1.82) is 0 Å². The molecule has 32 heavy (non-hydrogen) atoms. The second-order valence-electron chi connectivity index (χ2n) is 10.2. The van der Waals surface area contributed by atoms with Gasteiger partial charge in [-0.2, -0.15) is 0 Å². The van der Waals surface area contributed by atoms with Crippen molar-refractivity contribution >= 4 is 17.5 Å². The Bertz CT molecular complexity index is 843. The van der Waals surface area contributed by atoms with Crippen LogP contribution in [-0.2, 0) is 16.0 Å². The number of halogens is 1. The van der Waals surface area contributed by atoms with Gasteiger partial charge in [0, 0.05) is 61.9 Å². The number of fused-ring (bicyclic) bond motifs is 1. The minimum atomic E-state index is -0.409. The smallest absolute Gasteiger partial charge is 0.243 e. The average molecular weight is 445 g/mol. The van der Waals surface area contributed by atoms with Crippen LogP contribution in [0.4, 0.5) is 10.1 Å². The second kappa shape index (κ2) is 9.38. The number of rotatable bonds is 5. The molecule has 4 atom stereocenters. The number of nitrogens with one attached hydrogen (secondary N) is 2. The fourth-order valence-corrected chi connectivity index (χ4v) is 5.66. The molecule has 2 fully saturated rings. The van der Waals surface area contributed by atoms with Gasteiger partial charge in [0.05, 0.1) is 0 Å². The summed E-state index contributed by atoms with van der Waals surface area (Å²) in [5.74, 6) is -0.0406. The molecule has 1 saturated carbocycles. The fraction of sp³-hybridized carbons (Fsp3) is 0.680. The molecule has 0 bridgehead atoms. The van der Waals surface area contributed by atoms with E-state index in [1.54, 1.807) is 6.07 Å². The van der Waals surface area contributed by atoms with Gasteiger partial charge in [-0.25, -0.2) is 4.39 Å². The summed E-state index contributed by atoms with van der Waals surface area (Å²) < 4.78 is 14.2. The Balaban J connectivity index is 1.30. The second-order valence-corrected chi connectivity index (χ2v) is 10.2. The third-order valence-corrected chi connectivity index (χ3v) is 7.60. The number of amides is 2. The van der Waals surface area contributed by atoms with Crippen molar-refractivity contribution in [3.8, 4) is 0 Å². The first kappa shape index (κ1) is 23.0. The molecule has 2 amide bonds. The third kappa shape index (κ3) is 4.63. The summed E-state index contributed by atoms with van der Waals surface area (Å²) in [6, 6.07) is 3.69. The summed E-state index contributed by atoms with van der Waals surface area (Å²) in [5.41, 5.74) is 2.36. The predicted octanol–water partition coefficient (Wildman–Crippen LogP) is 3.09. The van der Waals surface area contributed by atoms with Crippen LogP contribution in [0.3, 0.4) is 0 Å². The molecule has 0 spiro atoms. The number of hydrogen-bond acceptors (Lipinski definition) is 4. The molecule has 1 aliphatic carbocycles. The van der Waals surface area contributed by atoms with E-state index in [2.05, 4.69) is 15.5 Å². The van der Waals surface area contributed by atoms with E-state index < -0.39 is 6.04 Å². The first-order valence-electron chi connectivity index (χ1n) is 12.1. The van der Waals surface area contributed by atoms with E-state index in [9.17, 15) is 14.0 Å². The van der Waals surface area contributed by atoms with Crippen molar-refractivity contribution in [3.63, 3.8) is 0 Å². The molecule has 3 aliphatic rings. The summed E-state index contributed by atoms with van der Waals surface area (Å²) in [6.07, 6.45) is 5.56. The first-order valence-corrected chi connectivity index (χ1v) is 12.1. The summed E-state index contributed by atoms with van der Waals surface area (Å²) in [5, 5.41) is 6.48. The molecule has 1 saturated heterocycles. The van der Waals surface area contributed by atoms with Crippen LogP contribution in [-0.4, -0.2) is 65.9 Å². The highest BCUT2D eigenvalue weighted by Crippen LogP contribution is 2.32. The monoisotopic (exact) mass is 444 g/mol. The molecular formula is C25H37FN4O2. The molecule has 1 aromatic carbocycles. The summed E-state index contributed by atoms with van der Waals surface area (Å²) >= 11 is 0. The van der Waals surface area contributed by atoms with E-state index in [4.69, 9.17) is 0 Å². The largest absolute Gasteiger partial charge is 0.373 e. The Morgan fingerprint density at radius 2 is 2.03 bits per heavy atom. The Labute approximate surface area is 190 Å². The maximum absolute atomic E-state index is 14.2. The Kier molecular flexibility index (Phi) is 6.75. The van der Waals surface area contributed by atoms with E-state index in [1.165, 1.54) is 6.07 Å². The number of likely N-dealkylation sites (N-methyl/N-ethyl adjacent to an activating group) is 1. The number of anilines is 1. The number of aryl methyl sites for hydroxylation is 1. The lowest BCUT2D eigenvalue weighted by molar-refractivity contribution is -0.135. The topological polar surface area (TPSA) is 64.7 Å². The fourth-order valence-electron chi connectivity index (χ4n) is 5.66. The number of benzene rings is 1. The number of nitrogens with zero attached hydrogens (tertiary/aromatic N) is 2. The van der Waals surface area contributed by atoms with Gasteiger partial charge < -0.3 is 15.5 Å². The first-order chi connectivity index (χ1) is 15.2. The number of hydrogen-bond donors (Lipinski definition) is 2. The maximum Gasteiger partial charge on any atom is 0.243 e. The Morgan fingerprint density at radius 3 is 2.75 bits per heavy atom. The highest BCUT2D eigenvalue weighted by molar-refractivity contribution is 5.88. The molecule has 3 unspecified atom stereocenters. The van der Waals surface area contributed by atoms with Crippen molar-refractivity contribution < 1.29 is 14.0 Å². The van der Waals surface area contributed by atoms with E-state index >= 15 is 0 Å². The normalized spacial score (nSPS) is 27.8. The zero-order valence-corrected chi connectivity index (χ0v) is 19.8. The quantitative estimate of drug-likeness (QED) is 0.733. The predicted molar refractivity (Wildman–Crippen MR) is 124 cm³/mol. The molecule has 1 aromatic rings. The third-order valence-electron chi connectivity index (χ3n) is 7.60. The number of likely N-dealkylation sites (tertiary alicyclic amines) is 1. The van der Waals surface area contributed by atoms with Gasteiger partial charge in [0.2, 0.25) is 11.8 Å². The highest BCUT2D eigenvalue weighted by atomic mass is 19.1. The van der Waals surface area contributed by atoms with Crippen LogP contribution < -0.4 is 10.6 Å². The minimum absolute atomic E-state index is 0.0240. The summed E-state index contributed by atoms with van der Waals surface area (Å²) in [7, 11) is 1.93. The molecule has 4 rings (SSSR count). The zero-order valence-electron chi connectivity index (χ0n) is 19.8. The molecule has 6 nitrogen and oxygen atoms in total. The highest BCUT2D eigenvalue weighted by Gasteiger charge is 2.36. The lowest BCUT2D eigenvalue weighted by Crippen LogP contribution is -2.49. The van der Waals surface area contributed by atoms with Crippen molar-refractivity contribution in [2.24, 2.45) is 5.92 Å². The lowest BCUT2D eigenvalue weighted by atomic mass is 9.89. The maximum atomic E-state index is 14.2. The van der Waals surface area contributed by atoms with Crippen LogP contribution >= 0.6 is 0 Å². The van der Waals surface area contributed by atoms with Crippen LogP contribution in [0.25, 0.3) is 0 Å². The molecule has 0 radical (unpaired) electrons. The van der Waals surface area contributed by atoms with Gasteiger partial charge in [0.15, 0.2) is 0 Å². The van der Waals surface area contributed by atoms with Gasteiger partial charge >= 0.3 is 0 Å². The van der Waals surface area contributed by atoms with Crippen molar-refractivity contribution in [2.45, 2.75) is 83.5 Å². The molecule has 7 heteroatoms. The molecule has 2 aliphatic heterocycles.